The summed E-state index contributed by atoms with van der Waals surface area (Å²) in [5, 5.41) is 0. The van der Waals surface area contributed by atoms with Crippen LogP contribution in [0.2, 0.25) is 0 Å². The summed E-state index contributed by atoms with van der Waals surface area (Å²) in [6.07, 6.45) is 0. The molecule has 0 spiro atoms. The van der Waals surface area contributed by atoms with Gasteiger partial charge in [-0.15, -0.1) is 0 Å². The monoisotopic (exact) mass is 240 g/mol. The quantitative estimate of drug-likeness (QED) is 0.587. The van der Waals surface area contributed by atoms with Crippen LogP contribution in [0.5, 0.6) is 0 Å². The largest absolute Gasteiger partial charge is 0.465 e. The minimum atomic E-state index is -0.401. The molecule has 68 valence electrons. The van der Waals surface area contributed by atoms with Crippen molar-refractivity contribution in [1.29, 1.82) is 0 Å². The normalized spacial score (nSPS) is 9.38. The molecule has 0 saturated carbocycles. The van der Waals surface area contributed by atoms with Gasteiger partial charge in [-0.25, -0.2) is 4.79 Å². The zero-order valence-corrected chi connectivity index (χ0v) is 8.80. The van der Waals surface area contributed by atoms with Crippen molar-refractivity contribution < 1.29 is 9.53 Å². The number of carbonyl (C=O) groups excluding carboxylic acids is 1. The summed E-state index contributed by atoms with van der Waals surface area (Å²) in [5.74, 6) is -0.401. The van der Waals surface area contributed by atoms with Gasteiger partial charge in [0.05, 0.1) is 12.7 Å². The zero-order valence-electron chi connectivity index (χ0n) is 7.21. The van der Waals surface area contributed by atoms with Gasteiger partial charge in [0.25, 0.3) is 0 Å². The number of halogens is 1. The van der Waals surface area contributed by atoms with Crippen molar-refractivity contribution in [2.24, 2.45) is 0 Å². The summed E-state index contributed by atoms with van der Waals surface area (Å²) in [7, 11) is 1.34. The average molecular weight is 241 g/mol. The molecule has 0 radical (unpaired) electrons. The Labute approximate surface area is 85.3 Å². The van der Waals surface area contributed by atoms with Crippen molar-refractivity contribution in [3.63, 3.8) is 0 Å². The molecule has 0 aromatic heterocycles. The predicted molar refractivity (Wildman–Crippen MR) is 55.2 cm³/mol. The van der Waals surface area contributed by atoms with E-state index < -0.39 is 5.97 Å². The van der Waals surface area contributed by atoms with Crippen LogP contribution in [0.15, 0.2) is 35.3 Å². The van der Waals surface area contributed by atoms with Crippen LogP contribution in [-0.4, -0.2) is 13.1 Å². The Kier molecular flexibility index (Phi) is 3.25. The molecule has 0 saturated heterocycles. The minimum absolute atomic E-state index is 0.370. The fourth-order valence-electron chi connectivity index (χ4n) is 0.892. The number of hydrogen-bond acceptors (Lipinski definition) is 2. The van der Waals surface area contributed by atoms with Crippen LogP contribution in [0.1, 0.15) is 5.56 Å². The Morgan fingerprint density at radius 1 is 1.38 bits per heavy atom. The molecule has 0 atom stereocenters. The highest BCUT2D eigenvalue weighted by Gasteiger charge is 2.08. The fourth-order valence-corrected chi connectivity index (χ4v) is 1.16. The summed E-state index contributed by atoms with van der Waals surface area (Å²) < 4.78 is 5.51. The van der Waals surface area contributed by atoms with Gasteiger partial charge >= 0.3 is 5.97 Å². The second kappa shape index (κ2) is 4.23. The van der Waals surface area contributed by atoms with E-state index in [-0.39, 0.29) is 0 Å². The Bertz CT molecular complexity index is 327. The second-order valence-electron chi connectivity index (χ2n) is 2.48. The van der Waals surface area contributed by atoms with E-state index in [1.54, 1.807) is 0 Å². The van der Waals surface area contributed by atoms with Crippen molar-refractivity contribution in [3.8, 4) is 0 Å². The number of esters is 1. The van der Waals surface area contributed by atoms with E-state index in [1.165, 1.54) is 7.11 Å². The van der Waals surface area contributed by atoms with Gasteiger partial charge in [0, 0.05) is 4.47 Å². The molecule has 1 aromatic rings. The predicted octanol–water partition coefficient (Wildman–Crippen LogP) is 2.64. The topological polar surface area (TPSA) is 26.3 Å². The third-order valence-electron chi connectivity index (χ3n) is 1.62. The van der Waals surface area contributed by atoms with Crippen LogP contribution in [0.25, 0.3) is 5.57 Å². The van der Waals surface area contributed by atoms with Crippen LogP contribution in [0, 0.1) is 0 Å². The molecule has 1 rings (SSSR count). The van der Waals surface area contributed by atoms with E-state index in [4.69, 9.17) is 0 Å². The van der Waals surface area contributed by atoms with Gasteiger partial charge < -0.3 is 4.74 Å². The lowest BCUT2D eigenvalue weighted by Crippen LogP contribution is -2.02. The Balaban J connectivity index is 2.90. The first kappa shape index (κ1) is 9.99. The molecule has 0 heterocycles. The van der Waals surface area contributed by atoms with Gasteiger partial charge in [-0.1, -0.05) is 34.6 Å². The Morgan fingerprint density at radius 3 is 2.38 bits per heavy atom. The standard InChI is InChI=1S/C10H9BrO2/c1-7(10(12)13-2)8-3-5-9(11)6-4-8/h3-6H,1H2,2H3. The molecule has 0 bridgehead atoms. The molecule has 0 unspecified atom stereocenters. The molecular formula is C10H9BrO2. The first-order valence-electron chi connectivity index (χ1n) is 3.68. The van der Waals surface area contributed by atoms with Gasteiger partial charge in [0.1, 0.15) is 0 Å². The number of methoxy groups -OCH3 is 1. The van der Waals surface area contributed by atoms with E-state index in [9.17, 15) is 4.79 Å². The molecule has 2 nitrogen and oxygen atoms in total. The van der Waals surface area contributed by atoms with Crippen LogP contribution in [0.3, 0.4) is 0 Å². The molecule has 0 aliphatic rings. The Morgan fingerprint density at radius 2 is 1.92 bits per heavy atom. The molecular weight excluding hydrogens is 232 g/mol. The second-order valence-corrected chi connectivity index (χ2v) is 3.39. The summed E-state index contributed by atoms with van der Waals surface area (Å²) in [5.41, 5.74) is 1.14. The van der Waals surface area contributed by atoms with Crippen molar-refractivity contribution in [2.45, 2.75) is 0 Å². The summed E-state index contributed by atoms with van der Waals surface area (Å²) >= 11 is 3.30. The SMILES string of the molecule is C=C(C(=O)OC)c1ccc(Br)cc1. The van der Waals surface area contributed by atoms with E-state index in [1.807, 2.05) is 24.3 Å². The summed E-state index contributed by atoms with van der Waals surface area (Å²) in [6.45, 7) is 3.64. The number of rotatable bonds is 2. The minimum Gasteiger partial charge on any atom is -0.465 e. The molecule has 0 N–H and O–H groups in total. The lowest BCUT2D eigenvalue weighted by atomic mass is 10.1. The van der Waals surface area contributed by atoms with Gasteiger partial charge in [0.2, 0.25) is 0 Å². The van der Waals surface area contributed by atoms with Crippen LogP contribution in [0.4, 0.5) is 0 Å². The molecule has 0 amide bonds. The van der Waals surface area contributed by atoms with E-state index in [2.05, 4.69) is 27.2 Å². The number of benzene rings is 1. The Hall–Kier alpha value is -1.09. The fraction of sp³-hybridized carbons (Fsp3) is 0.100. The van der Waals surface area contributed by atoms with E-state index in [0.29, 0.717) is 5.57 Å². The highest BCUT2D eigenvalue weighted by atomic mass is 79.9. The van der Waals surface area contributed by atoms with Gasteiger partial charge in [-0.2, -0.15) is 0 Å². The maximum atomic E-state index is 11.1. The maximum Gasteiger partial charge on any atom is 0.337 e. The van der Waals surface area contributed by atoms with Gasteiger partial charge in [0.15, 0.2) is 0 Å². The highest BCUT2D eigenvalue weighted by molar-refractivity contribution is 9.10. The number of hydrogen-bond donors (Lipinski definition) is 0. The van der Waals surface area contributed by atoms with Crippen molar-refractivity contribution in [1.82, 2.24) is 0 Å². The number of ether oxygens (including phenoxy) is 1. The smallest absolute Gasteiger partial charge is 0.337 e. The van der Waals surface area contributed by atoms with Crippen LogP contribution in [-0.2, 0) is 9.53 Å². The van der Waals surface area contributed by atoms with E-state index in [0.717, 1.165) is 10.0 Å². The maximum absolute atomic E-state index is 11.1. The third kappa shape index (κ3) is 2.42. The lowest BCUT2D eigenvalue weighted by Gasteiger charge is -2.02. The number of carbonyl (C=O) groups is 1. The third-order valence-corrected chi connectivity index (χ3v) is 2.15. The average Bonchev–Trinajstić information content (AvgIpc) is 2.17. The van der Waals surface area contributed by atoms with Crippen molar-refractivity contribution in [2.75, 3.05) is 7.11 Å². The lowest BCUT2D eigenvalue weighted by molar-refractivity contribution is -0.133. The van der Waals surface area contributed by atoms with Crippen molar-refractivity contribution in [3.05, 3.63) is 40.9 Å². The van der Waals surface area contributed by atoms with Crippen LogP contribution >= 0.6 is 15.9 Å². The van der Waals surface area contributed by atoms with Gasteiger partial charge in [-0.3, -0.25) is 0 Å². The highest BCUT2D eigenvalue weighted by Crippen LogP contribution is 2.17. The first-order valence-corrected chi connectivity index (χ1v) is 4.47. The van der Waals surface area contributed by atoms with Gasteiger partial charge in [-0.05, 0) is 17.7 Å². The molecule has 13 heavy (non-hydrogen) atoms. The van der Waals surface area contributed by atoms with Crippen molar-refractivity contribution >= 4 is 27.5 Å². The van der Waals surface area contributed by atoms with E-state index >= 15 is 0 Å². The molecule has 3 heteroatoms. The molecule has 0 aliphatic heterocycles. The molecule has 0 aliphatic carbocycles. The summed E-state index contributed by atoms with van der Waals surface area (Å²) in [4.78, 5) is 11.1. The molecule has 1 aromatic carbocycles. The van der Waals surface area contributed by atoms with Crippen LogP contribution < -0.4 is 0 Å². The summed E-state index contributed by atoms with van der Waals surface area (Å²) in [6, 6.07) is 7.32. The molecule has 0 fully saturated rings. The first-order chi connectivity index (χ1) is 6.15. The zero-order chi connectivity index (χ0) is 9.84.